The van der Waals surface area contributed by atoms with Crippen LogP contribution < -0.4 is 11.1 Å². The van der Waals surface area contributed by atoms with E-state index < -0.39 is 0 Å². The summed E-state index contributed by atoms with van der Waals surface area (Å²) in [4.78, 5) is 12.1. The zero-order valence-electron chi connectivity index (χ0n) is 12.7. The van der Waals surface area contributed by atoms with Gasteiger partial charge in [-0.25, -0.2) is 0 Å². The second kappa shape index (κ2) is 8.37. The van der Waals surface area contributed by atoms with Gasteiger partial charge < -0.3 is 15.8 Å². The molecule has 1 amide bonds. The lowest BCUT2D eigenvalue weighted by Crippen LogP contribution is -2.23. The van der Waals surface area contributed by atoms with E-state index in [9.17, 15) is 4.79 Å². The van der Waals surface area contributed by atoms with E-state index in [1.54, 1.807) is 0 Å². The Morgan fingerprint density at radius 2 is 2.19 bits per heavy atom. The number of ether oxygens (including phenoxy) is 1. The average Bonchev–Trinajstić information content (AvgIpc) is 2.84. The molecule has 0 aliphatic heterocycles. The van der Waals surface area contributed by atoms with Gasteiger partial charge in [0.05, 0.1) is 12.7 Å². The molecule has 1 aliphatic carbocycles. The number of anilines is 1. The first kappa shape index (κ1) is 18.0. The molecule has 0 aromatic heterocycles. The fourth-order valence-electron chi connectivity index (χ4n) is 2.50. The van der Waals surface area contributed by atoms with E-state index in [1.807, 2.05) is 38.1 Å². The summed E-state index contributed by atoms with van der Waals surface area (Å²) in [6.45, 7) is 4.58. The topological polar surface area (TPSA) is 64.3 Å². The van der Waals surface area contributed by atoms with Crippen molar-refractivity contribution in [3.05, 3.63) is 29.8 Å². The third-order valence-corrected chi connectivity index (χ3v) is 3.62. The molecule has 0 saturated heterocycles. The van der Waals surface area contributed by atoms with Gasteiger partial charge in [0.2, 0.25) is 5.91 Å². The van der Waals surface area contributed by atoms with Gasteiger partial charge in [0.1, 0.15) is 0 Å². The number of amides is 1. The van der Waals surface area contributed by atoms with Crippen molar-refractivity contribution in [3.8, 4) is 0 Å². The molecular weight excluding hydrogens is 288 g/mol. The summed E-state index contributed by atoms with van der Waals surface area (Å²) < 4.78 is 5.57. The molecular formula is C16H25ClN2O2. The largest absolute Gasteiger partial charge is 0.374 e. The van der Waals surface area contributed by atoms with E-state index in [0.717, 1.165) is 30.5 Å². The van der Waals surface area contributed by atoms with Gasteiger partial charge in [-0.15, -0.1) is 12.4 Å². The number of carbonyl (C=O) groups excluding carboxylic acids is 1. The van der Waals surface area contributed by atoms with E-state index in [-0.39, 0.29) is 36.4 Å². The molecule has 4 nitrogen and oxygen atoms in total. The van der Waals surface area contributed by atoms with Crippen molar-refractivity contribution in [1.29, 1.82) is 0 Å². The molecule has 0 spiro atoms. The van der Waals surface area contributed by atoms with Crippen molar-refractivity contribution >= 4 is 24.0 Å². The van der Waals surface area contributed by atoms with Crippen molar-refractivity contribution in [2.45, 2.75) is 51.9 Å². The molecule has 2 atom stereocenters. The fraction of sp³-hybridized carbons (Fsp3) is 0.562. The van der Waals surface area contributed by atoms with Gasteiger partial charge in [0.15, 0.2) is 0 Å². The molecule has 2 unspecified atom stereocenters. The summed E-state index contributed by atoms with van der Waals surface area (Å²) in [5.74, 6) is 0.139. The monoisotopic (exact) mass is 312 g/mol. The van der Waals surface area contributed by atoms with Crippen LogP contribution in [0.1, 0.15) is 38.7 Å². The van der Waals surface area contributed by atoms with Gasteiger partial charge in [-0.3, -0.25) is 4.79 Å². The van der Waals surface area contributed by atoms with Crippen LogP contribution >= 0.6 is 12.4 Å². The van der Waals surface area contributed by atoms with Gasteiger partial charge in [-0.2, -0.15) is 0 Å². The van der Waals surface area contributed by atoms with Crippen LogP contribution in [0.2, 0.25) is 0 Å². The number of nitrogens with one attached hydrogen (secondary N) is 1. The Bertz CT molecular complexity index is 465. The zero-order valence-corrected chi connectivity index (χ0v) is 13.5. The number of hydrogen-bond donors (Lipinski definition) is 2. The first-order chi connectivity index (χ1) is 9.54. The summed E-state index contributed by atoms with van der Waals surface area (Å²) >= 11 is 0. The Kier molecular flexibility index (Phi) is 7.15. The fourth-order valence-corrected chi connectivity index (χ4v) is 2.50. The molecule has 1 aromatic carbocycles. The van der Waals surface area contributed by atoms with Gasteiger partial charge in [-0.05, 0) is 50.8 Å². The molecule has 5 heteroatoms. The van der Waals surface area contributed by atoms with E-state index in [1.165, 1.54) is 0 Å². The van der Waals surface area contributed by atoms with Crippen LogP contribution in [-0.2, 0) is 16.1 Å². The summed E-state index contributed by atoms with van der Waals surface area (Å²) in [6, 6.07) is 8.00. The maximum Gasteiger partial charge on any atom is 0.227 e. The highest BCUT2D eigenvalue weighted by Gasteiger charge is 2.27. The van der Waals surface area contributed by atoms with Gasteiger partial charge >= 0.3 is 0 Å². The lowest BCUT2D eigenvalue weighted by molar-refractivity contribution is -0.119. The van der Waals surface area contributed by atoms with Gasteiger partial charge in [0.25, 0.3) is 0 Å². The quantitative estimate of drug-likeness (QED) is 0.878. The molecule has 21 heavy (non-hydrogen) atoms. The summed E-state index contributed by atoms with van der Waals surface area (Å²) in [6.07, 6.45) is 2.83. The Labute approximate surface area is 132 Å². The molecule has 1 aromatic rings. The van der Waals surface area contributed by atoms with Crippen molar-refractivity contribution in [1.82, 2.24) is 0 Å². The smallest absolute Gasteiger partial charge is 0.227 e. The first-order valence-corrected chi connectivity index (χ1v) is 7.31. The third kappa shape index (κ3) is 5.65. The Hall–Kier alpha value is -1.10. The van der Waals surface area contributed by atoms with E-state index >= 15 is 0 Å². The number of halogens is 1. The highest BCUT2D eigenvalue weighted by Crippen LogP contribution is 2.25. The van der Waals surface area contributed by atoms with Crippen LogP contribution in [0.15, 0.2) is 24.3 Å². The number of hydrogen-bond acceptors (Lipinski definition) is 3. The van der Waals surface area contributed by atoms with Crippen LogP contribution in [0, 0.1) is 5.92 Å². The third-order valence-electron chi connectivity index (χ3n) is 3.62. The minimum atomic E-state index is 0. The zero-order chi connectivity index (χ0) is 14.5. The molecule has 2 rings (SSSR count). The number of benzene rings is 1. The normalized spacial score (nSPS) is 21.1. The standard InChI is InChI=1S/C16H24N2O2.ClH/c1-11(2)20-10-12-4-3-5-15(8-12)18-16(19)13-6-7-14(17)9-13;/h3-5,8,11,13-14H,6-7,9-10,17H2,1-2H3,(H,18,19);1H. The molecule has 0 heterocycles. The van der Waals surface area contributed by atoms with E-state index in [2.05, 4.69) is 5.32 Å². The van der Waals surface area contributed by atoms with E-state index in [0.29, 0.717) is 6.61 Å². The van der Waals surface area contributed by atoms with Crippen LogP contribution in [0.4, 0.5) is 5.69 Å². The second-order valence-electron chi connectivity index (χ2n) is 5.82. The highest BCUT2D eigenvalue weighted by molar-refractivity contribution is 5.92. The maximum atomic E-state index is 12.1. The van der Waals surface area contributed by atoms with Crippen molar-refractivity contribution in [3.63, 3.8) is 0 Å². The average molecular weight is 313 g/mol. The lowest BCUT2D eigenvalue weighted by Gasteiger charge is -2.12. The SMILES string of the molecule is CC(C)OCc1cccc(NC(=O)C2CCC(N)C2)c1.Cl. The van der Waals surface area contributed by atoms with Crippen LogP contribution in [0.3, 0.4) is 0 Å². The Balaban J connectivity index is 0.00000220. The number of nitrogens with two attached hydrogens (primary N) is 1. The minimum absolute atomic E-state index is 0. The summed E-state index contributed by atoms with van der Waals surface area (Å²) in [7, 11) is 0. The van der Waals surface area contributed by atoms with Crippen LogP contribution in [0.25, 0.3) is 0 Å². The predicted octanol–water partition coefficient (Wildman–Crippen LogP) is 3.10. The summed E-state index contributed by atoms with van der Waals surface area (Å²) in [5.41, 5.74) is 7.75. The molecule has 0 bridgehead atoms. The molecule has 1 fully saturated rings. The Morgan fingerprint density at radius 1 is 1.43 bits per heavy atom. The van der Waals surface area contributed by atoms with Crippen LogP contribution in [0.5, 0.6) is 0 Å². The predicted molar refractivity (Wildman–Crippen MR) is 87.6 cm³/mol. The maximum absolute atomic E-state index is 12.1. The molecule has 1 aliphatic rings. The van der Waals surface area contributed by atoms with Crippen molar-refractivity contribution in [2.24, 2.45) is 11.7 Å². The molecule has 3 N–H and O–H groups in total. The molecule has 0 radical (unpaired) electrons. The Morgan fingerprint density at radius 3 is 2.81 bits per heavy atom. The van der Waals surface area contributed by atoms with Crippen molar-refractivity contribution in [2.75, 3.05) is 5.32 Å². The lowest BCUT2D eigenvalue weighted by atomic mass is 10.1. The van der Waals surface area contributed by atoms with Gasteiger partial charge in [-0.1, -0.05) is 12.1 Å². The second-order valence-corrected chi connectivity index (χ2v) is 5.82. The molecule has 1 saturated carbocycles. The van der Waals surface area contributed by atoms with Gasteiger partial charge in [0, 0.05) is 17.6 Å². The number of rotatable bonds is 5. The van der Waals surface area contributed by atoms with Crippen LogP contribution in [-0.4, -0.2) is 18.1 Å². The highest BCUT2D eigenvalue weighted by atomic mass is 35.5. The number of carbonyl (C=O) groups is 1. The molecule has 118 valence electrons. The van der Waals surface area contributed by atoms with E-state index in [4.69, 9.17) is 10.5 Å². The summed E-state index contributed by atoms with van der Waals surface area (Å²) in [5, 5.41) is 2.98. The first-order valence-electron chi connectivity index (χ1n) is 7.31. The minimum Gasteiger partial charge on any atom is -0.374 e. The van der Waals surface area contributed by atoms with Crippen molar-refractivity contribution < 1.29 is 9.53 Å².